The fourth-order valence-electron chi connectivity index (χ4n) is 2.25. The lowest BCUT2D eigenvalue weighted by Crippen LogP contribution is -2.25. The molecule has 3 aromatic rings. The number of hydrogen-bond acceptors (Lipinski definition) is 5. The number of carbonyl (C=O) groups excluding carboxylic acids is 1. The maximum atomic E-state index is 12.6. The van der Waals surface area contributed by atoms with Crippen LogP contribution in [0.3, 0.4) is 0 Å². The first kappa shape index (κ1) is 18.6. The van der Waals surface area contributed by atoms with E-state index >= 15 is 0 Å². The number of nitrogens with zero attached hydrogens (tertiary/aromatic N) is 2. The van der Waals surface area contributed by atoms with Crippen LogP contribution < -0.4 is 0 Å². The molecule has 3 rings (SSSR count). The van der Waals surface area contributed by atoms with E-state index in [1.807, 2.05) is 50.4 Å². The Morgan fingerprint density at radius 1 is 1.24 bits per heavy atom. The minimum atomic E-state index is 0.0410. The molecule has 0 unspecified atom stereocenters. The van der Waals surface area contributed by atoms with Gasteiger partial charge in [0, 0.05) is 34.3 Å². The van der Waals surface area contributed by atoms with E-state index < -0.39 is 0 Å². The predicted molar refractivity (Wildman–Crippen MR) is 111 cm³/mol. The molecule has 0 N–H and O–H groups in total. The number of thioether (sulfide) groups is 1. The number of thiophene rings is 1. The third kappa shape index (κ3) is 5.17. The average molecular weight is 453 g/mol. The van der Waals surface area contributed by atoms with Crippen LogP contribution >= 0.6 is 50.4 Å². The number of halogens is 1. The minimum absolute atomic E-state index is 0.0410. The van der Waals surface area contributed by atoms with Crippen molar-refractivity contribution in [2.75, 3.05) is 7.05 Å². The number of amides is 1. The minimum Gasteiger partial charge on any atom is -0.337 e. The Balaban J connectivity index is 1.58. The van der Waals surface area contributed by atoms with Crippen LogP contribution in [0.1, 0.15) is 26.5 Å². The predicted octanol–water partition coefficient (Wildman–Crippen LogP) is 5.84. The summed E-state index contributed by atoms with van der Waals surface area (Å²) >= 11 is 8.51. The van der Waals surface area contributed by atoms with Gasteiger partial charge in [-0.1, -0.05) is 23.9 Å². The number of aromatic nitrogens is 1. The number of benzene rings is 1. The molecular weight excluding hydrogens is 436 g/mol. The summed E-state index contributed by atoms with van der Waals surface area (Å²) in [7, 11) is 1.84. The fourth-order valence-corrected chi connectivity index (χ4v) is 5.59. The Kier molecular flexibility index (Phi) is 6.33. The number of rotatable bonds is 6. The average Bonchev–Trinajstić information content (AvgIpc) is 3.21. The second-order valence-electron chi connectivity index (χ2n) is 5.61. The maximum absolute atomic E-state index is 12.6. The van der Waals surface area contributed by atoms with E-state index in [1.54, 1.807) is 39.3 Å². The highest BCUT2D eigenvalue weighted by atomic mass is 79.9. The zero-order chi connectivity index (χ0) is 17.8. The Morgan fingerprint density at radius 3 is 2.60 bits per heavy atom. The van der Waals surface area contributed by atoms with Crippen molar-refractivity contribution in [3.63, 3.8) is 0 Å². The molecule has 0 radical (unpaired) electrons. The summed E-state index contributed by atoms with van der Waals surface area (Å²) in [6.45, 7) is 2.63. The van der Waals surface area contributed by atoms with E-state index in [0.29, 0.717) is 6.54 Å². The third-order valence-electron chi connectivity index (χ3n) is 3.53. The van der Waals surface area contributed by atoms with E-state index in [4.69, 9.17) is 0 Å². The topological polar surface area (TPSA) is 33.2 Å². The van der Waals surface area contributed by atoms with Crippen LogP contribution in [0.5, 0.6) is 0 Å². The van der Waals surface area contributed by atoms with Crippen molar-refractivity contribution in [2.45, 2.75) is 23.6 Å². The SMILES string of the molecule is Cc1csc(SCc2ccc(C(=O)N(C)Cc3ccc(Br)s3)cc2)n1. The highest BCUT2D eigenvalue weighted by Crippen LogP contribution is 2.26. The van der Waals surface area contributed by atoms with Crippen molar-refractivity contribution >= 4 is 56.3 Å². The number of aryl methyl sites for hydroxylation is 1. The van der Waals surface area contributed by atoms with Crippen molar-refractivity contribution in [1.82, 2.24) is 9.88 Å². The normalized spacial score (nSPS) is 10.8. The van der Waals surface area contributed by atoms with Gasteiger partial charge in [0.15, 0.2) is 0 Å². The standard InChI is InChI=1S/C18H17BrN2OS3/c1-12-10-23-18(20-12)24-11-13-3-5-14(6-4-13)17(22)21(2)9-15-7-8-16(19)25-15/h3-8,10H,9,11H2,1-2H3. The van der Waals surface area contributed by atoms with E-state index in [9.17, 15) is 4.79 Å². The third-order valence-corrected chi connectivity index (χ3v) is 7.35. The fraction of sp³-hybridized carbons (Fsp3) is 0.222. The monoisotopic (exact) mass is 452 g/mol. The largest absolute Gasteiger partial charge is 0.337 e. The summed E-state index contributed by atoms with van der Waals surface area (Å²) in [5, 5.41) is 2.06. The van der Waals surface area contributed by atoms with E-state index in [-0.39, 0.29) is 5.91 Å². The molecule has 3 nitrogen and oxygen atoms in total. The molecule has 0 saturated heterocycles. The molecule has 0 aliphatic carbocycles. The molecule has 2 aromatic heterocycles. The molecule has 25 heavy (non-hydrogen) atoms. The van der Waals surface area contributed by atoms with Gasteiger partial charge in [-0.05, 0) is 52.7 Å². The van der Waals surface area contributed by atoms with Crippen molar-refractivity contribution in [3.05, 3.63) is 67.3 Å². The number of hydrogen-bond donors (Lipinski definition) is 0. The molecule has 0 aliphatic heterocycles. The van der Waals surface area contributed by atoms with Gasteiger partial charge in [0.25, 0.3) is 5.91 Å². The Hall–Kier alpha value is -1.15. The first-order valence-electron chi connectivity index (χ1n) is 7.65. The molecule has 0 bridgehead atoms. The first-order chi connectivity index (χ1) is 12.0. The molecule has 130 valence electrons. The summed E-state index contributed by atoms with van der Waals surface area (Å²) in [5.74, 6) is 0.903. The van der Waals surface area contributed by atoms with Crippen LogP contribution in [-0.2, 0) is 12.3 Å². The summed E-state index contributed by atoms with van der Waals surface area (Å²) in [6.07, 6.45) is 0. The highest BCUT2D eigenvalue weighted by molar-refractivity contribution is 9.11. The van der Waals surface area contributed by atoms with Crippen LogP contribution in [0.25, 0.3) is 0 Å². The smallest absolute Gasteiger partial charge is 0.253 e. The summed E-state index contributed by atoms with van der Waals surface area (Å²) in [4.78, 5) is 19.9. The zero-order valence-corrected chi connectivity index (χ0v) is 17.9. The second kappa shape index (κ2) is 8.49. The van der Waals surface area contributed by atoms with Gasteiger partial charge in [0.1, 0.15) is 4.34 Å². The molecule has 0 spiro atoms. The van der Waals surface area contributed by atoms with Crippen molar-refractivity contribution in [1.29, 1.82) is 0 Å². The lowest BCUT2D eigenvalue weighted by Gasteiger charge is -2.16. The lowest BCUT2D eigenvalue weighted by atomic mass is 10.1. The van der Waals surface area contributed by atoms with Gasteiger partial charge in [-0.3, -0.25) is 4.79 Å². The van der Waals surface area contributed by atoms with Crippen LogP contribution in [0.2, 0.25) is 0 Å². The van der Waals surface area contributed by atoms with Gasteiger partial charge in [0.05, 0.1) is 10.3 Å². The van der Waals surface area contributed by atoms with Gasteiger partial charge in [-0.2, -0.15) is 0 Å². The van der Waals surface area contributed by atoms with E-state index in [2.05, 4.69) is 26.3 Å². The second-order valence-corrected chi connectivity index (χ2v) is 10.2. The Morgan fingerprint density at radius 2 is 2.00 bits per heavy atom. The Labute approximate surface area is 168 Å². The zero-order valence-electron chi connectivity index (χ0n) is 13.9. The molecule has 0 saturated carbocycles. The summed E-state index contributed by atoms with van der Waals surface area (Å²) < 4.78 is 2.17. The van der Waals surface area contributed by atoms with E-state index in [0.717, 1.165) is 30.0 Å². The van der Waals surface area contributed by atoms with Crippen LogP contribution in [0.4, 0.5) is 0 Å². The van der Waals surface area contributed by atoms with Crippen LogP contribution in [0, 0.1) is 6.92 Å². The van der Waals surface area contributed by atoms with E-state index in [1.165, 1.54) is 5.56 Å². The van der Waals surface area contributed by atoms with Crippen LogP contribution in [0.15, 0.2) is 49.9 Å². The summed E-state index contributed by atoms with van der Waals surface area (Å²) in [5.41, 5.74) is 2.98. The molecule has 2 heterocycles. The Bertz CT molecular complexity index is 857. The maximum Gasteiger partial charge on any atom is 0.253 e. The molecule has 0 fully saturated rings. The van der Waals surface area contributed by atoms with Crippen molar-refractivity contribution in [3.8, 4) is 0 Å². The number of thiazole rings is 1. The molecular formula is C18H17BrN2OS3. The van der Waals surface area contributed by atoms with Gasteiger partial charge in [0.2, 0.25) is 0 Å². The first-order valence-corrected chi connectivity index (χ1v) is 11.1. The lowest BCUT2D eigenvalue weighted by molar-refractivity contribution is 0.0786. The quantitative estimate of drug-likeness (QED) is 0.440. The van der Waals surface area contributed by atoms with Crippen molar-refractivity contribution in [2.24, 2.45) is 0 Å². The number of carbonyl (C=O) groups is 1. The highest BCUT2D eigenvalue weighted by Gasteiger charge is 2.13. The molecule has 1 amide bonds. The molecule has 7 heteroatoms. The molecule has 0 atom stereocenters. The van der Waals surface area contributed by atoms with Gasteiger partial charge >= 0.3 is 0 Å². The molecule has 0 aliphatic rings. The summed E-state index contributed by atoms with van der Waals surface area (Å²) in [6, 6.07) is 11.9. The van der Waals surface area contributed by atoms with Gasteiger partial charge < -0.3 is 4.90 Å². The van der Waals surface area contributed by atoms with Crippen molar-refractivity contribution < 1.29 is 4.79 Å². The van der Waals surface area contributed by atoms with Gasteiger partial charge in [-0.25, -0.2) is 4.98 Å². The van der Waals surface area contributed by atoms with Crippen LogP contribution in [-0.4, -0.2) is 22.8 Å². The molecule has 1 aromatic carbocycles. The van der Waals surface area contributed by atoms with Gasteiger partial charge in [-0.15, -0.1) is 22.7 Å².